The van der Waals surface area contributed by atoms with Crippen molar-refractivity contribution >= 4 is 56.0 Å². The topological polar surface area (TPSA) is 68.0 Å². The van der Waals surface area contributed by atoms with E-state index < -0.39 is 12.3 Å². The van der Waals surface area contributed by atoms with E-state index in [-0.39, 0.29) is 23.9 Å². The van der Waals surface area contributed by atoms with Crippen LogP contribution in [-0.2, 0) is 0 Å². The smallest absolute Gasteiger partial charge is 0.490 e. The first-order valence-corrected chi connectivity index (χ1v) is 11.2. The minimum Gasteiger partial charge on any atom is -0.490 e. The number of alkyl halides is 3. The fourth-order valence-electron chi connectivity index (χ4n) is 3.33. The molecule has 188 valence electrons. The SMILES string of the molecule is CCOc1cccc2cc(C(=O)N(CCN(C)C)c3nc4ccc(OC(F)(F)F)cc4s3)oc12.Cl. The van der Waals surface area contributed by atoms with Gasteiger partial charge in [-0.3, -0.25) is 9.69 Å². The van der Waals surface area contributed by atoms with Crippen molar-refractivity contribution in [1.29, 1.82) is 0 Å². The number of amides is 1. The zero-order valence-electron chi connectivity index (χ0n) is 19.1. The number of benzene rings is 2. The molecule has 0 spiro atoms. The van der Waals surface area contributed by atoms with Crippen LogP contribution in [-0.4, -0.2) is 55.9 Å². The van der Waals surface area contributed by atoms with Crippen LogP contribution in [0.5, 0.6) is 11.5 Å². The molecule has 0 aliphatic carbocycles. The highest BCUT2D eigenvalue weighted by molar-refractivity contribution is 7.22. The molecule has 12 heteroatoms. The summed E-state index contributed by atoms with van der Waals surface area (Å²) in [5, 5.41) is 1.07. The predicted molar refractivity (Wildman–Crippen MR) is 131 cm³/mol. The van der Waals surface area contributed by atoms with Crippen molar-refractivity contribution in [3.05, 3.63) is 48.2 Å². The molecular formula is C23H23ClF3N3O4S. The quantitative estimate of drug-likeness (QED) is 0.280. The Kier molecular flexibility index (Phi) is 8.14. The van der Waals surface area contributed by atoms with E-state index in [2.05, 4.69) is 9.72 Å². The van der Waals surface area contributed by atoms with Gasteiger partial charge in [0, 0.05) is 24.5 Å². The largest absolute Gasteiger partial charge is 0.573 e. The van der Waals surface area contributed by atoms with Crippen LogP contribution in [0.1, 0.15) is 17.5 Å². The Labute approximate surface area is 209 Å². The zero-order valence-corrected chi connectivity index (χ0v) is 20.7. The molecular weight excluding hydrogens is 507 g/mol. The highest BCUT2D eigenvalue weighted by Gasteiger charge is 2.31. The highest BCUT2D eigenvalue weighted by Crippen LogP contribution is 2.35. The van der Waals surface area contributed by atoms with Crippen LogP contribution < -0.4 is 14.4 Å². The number of hydrogen-bond donors (Lipinski definition) is 0. The first kappa shape index (κ1) is 26.6. The van der Waals surface area contributed by atoms with Crippen LogP contribution in [0, 0.1) is 0 Å². The van der Waals surface area contributed by atoms with Crippen molar-refractivity contribution in [1.82, 2.24) is 9.88 Å². The lowest BCUT2D eigenvalue weighted by Crippen LogP contribution is -2.36. The van der Waals surface area contributed by atoms with E-state index in [4.69, 9.17) is 9.15 Å². The van der Waals surface area contributed by atoms with Gasteiger partial charge in [-0.25, -0.2) is 4.98 Å². The molecule has 2 heterocycles. The van der Waals surface area contributed by atoms with Gasteiger partial charge >= 0.3 is 6.36 Å². The molecule has 4 rings (SSSR count). The number of hydrogen-bond acceptors (Lipinski definition) is 7. The van der Waals surface area contributed by atoms with Crippen LogP contribution in [0.4, 0.5) is 18.3 Å². The number of carbonyl (C=O) groups is 1. The number of likely N-dealkylation sites (N-methyl/N-ethyl adjacent to an activating group) is 1. The van der Waals surface area contributed by atoms with Crippen LogP contribution in [0.2, 0.25) is 0 Å². The van der Waals surface area contributed by atoms with Crippen LogP contribution in [0.3, 0.4) is 0 Å². The molecule has 4 aromatic rings. The van der Waals surface area contributed by atoms with E-state index in [1.54, 1.807) is 12.1 Å². The van der Waals surface area contributed by atoms with E-state index in [1.165, 1.54) is 23.1 Å². The molecule has 0 aliphatic rings. The second-order valence-corrected chi connectivity index (χ2v) is 8.66. The van der Waals surface area contributed by atoms with Crippen molar-refractivity contribution in [3.63, 3.8) is 0 Å². The van der Waals surface area contributed by atoms with Crippen molar-refractivity contribution in [2.45, 2.75) is 13.3 Å². The number of furan rings is 1. The van der Waals surface area contributed by atoms with Crippen LogP contribution in [0.25, 0.3) is 21.2 Å². The molecule has 7 nitrogen and oxygen atoms in total. The van der Waals surface area contributed by atoms with Gasteiger partial charge in [-0.2, -0.15) is 0 Å². The number of halogens is 4. The van der Waals surface area contributed by atoms with Gasteiger partial charge in [0.25, 0.3) is 5.91 Å². The fraction of sp³-hybridized carbons (Fsp3) is 0.304. The third-order valence-corrected chi connectivity index (χ3v) is 5.89. The van der Waals surface area contributed by atoms with E-state index in [1.807, 2.05) is 38.1 Å². The Balaban J connectivity index is 0.00000342. The molecule has 2 aromatic carbocycles. The van der Waals surface area contributed by atoms with Crippen molar-refractivity contribution < 1.29 is 31.9 Å². The minimum absolute atomic E-state index is 0. The number of rotatable bonds is 8. The zero-order chi connectivity index (χ0) is 24.5. The molecule has 0 radical (unpaired) electrons. The average Bonchev–Trinajstić information content (AvgIpc) is 3.37. The number of para-hydroxylation sites is 1. The summed E-state index contributed by atoms with van der Waals surface area (Å²) in [4.78, 5) is 21.3. The highest BCUT2D eigenvalue weighted by atomic mass is 35.5. The molecule has 0 saturated heterocycles. The van der Waals surface area contributed by atoms with Crippen LogP contribution >= 0.6 is 23.7 Å². The summed E-state index contributed by atoms with van der Waals surface area (Å²) >= 11 is 1.10. The lowest BCUT2D eigenvalue weighted by molar-refractivity contribution is -0.274. The van der Waals surface area contributed by atoms with E-state index in [0.29, 0.717) is 46.4 Å². The van der Waals surface area contributed by atoms with Gasteiger partial charge in [0.2, 0.25) is 0 Å². The molecule has 0 fully saturated rings. The van der Waals surface area contributed by atoms with Gasteiger partial charge in [-0.1, -0.05) is 23.5 Å². The third kappa shape index (κ3) is 6.16. The average molecular weight is 530 g/mol. The molecule has 0 unspecified atom stereocenters. The summed E-state index contributed by atoms with van der Waals surface area (Å²) < 4.78 is 53.7. The molecule has 0 bridgehead atoms. The predicted octanol–water partition coefficient (Wildman–Crippen LogP) is 5.97. The lowest BCUT2D eigenvalue weighted by atomic mass is 10.2. The summed E-state index contributed by atoms with van der Waals surface area (Å²) in [6, 6.07) is 10.9. The third-order valence-electron chi connectivity index (χ3n) is 4.85. The lowest BCUT2D eigenvalue weighted by Gasteiger charge is -2.20. The number of aromatic nitrogens is 1. The minimum atomic E-state index is -4.80. The first-order valence-electron chi connectivity index (χ1n) is 10.4. The molecule has 0 aliphatic heterocycles. The molecule has 1 amide bonds. The first-order chi connectivity index (χ1) is 16.1. The van der Waals surface area contributed by atoms with E-state index >= 15 is 0 Å². The van der Waals surface area contributed by atoms with Gasteiger partial charge in [0.05, 0.1) is 16.8 Å². The molecule has 0 atom stereocenters. The van der Waals surface area contributed by atoms with E-state index in [9.17, 15) is 18.0 Å². The number of thiazole rings is 1. The van der Waals surface area contributed by atoms with Gasteiger partial charge in [0.15, 0.2) is 22.2 Å². The van der Waals surface area contributed by atoms with E-state index in [0.717, 1.165) is 16.7 Å². The van der Waals surface area contributed by atoms with Gasteiger partial charge in [-0.15, -0.1) is 25.6 Å². The summed E-state index contributed by atoms with van der Waals surface area (Å²) in [5.74, 6) is -0.106. The van der Waals surface area contributed by atoms with Gasteiger partial charge in [-0.05, 0) is 45.3 Å². The molecule has 0 N–H and O–H groups in total. The fourth-order valence-corrected chi connectivity index (χ4v) is 4.35. The normalized spacial score (nSPS) is 11.6. The summed E-state index contributed by atoms with van der Waals surface area (Å²) in [6.45, 7) is 3.14. The van der Waals surface area contributed by atoms with Crippen molar-refractivity contribution in [3.8, 4) is 11.5 Å². The Hall–Kier alpha value is -3.02. The van der Waals surface area contributed by atoms with Crippen molar-refractivity contribution in [2.24, 2.45) is 0 Å². The molecule has 35 heavy (non-hydrogen) atoms. The summed E-state index contributed by atoms with van der Waals surface area (Å²) in [5.41, 5.74) is 0.930. The Morgan fingerprint density at radius 3 is 2.60 bits per heavy atom. The maximum atomic E-state index is 13.5. The van der Waals surface area contributed by atoms with Gasteiger partial charge < -0.3 is 18.8 Å². The maximum Gasteiger partial charge on any atom is 0.573 e. The Morgan fingerprint density at radius 2 is 1.91 bits per heavy atom. The molecule has 2 aromatic heterocycles. The number of carbonyl (C=O) groups excluding carboxylic acids is 1. The Morgan fingerprint density at radius 1 is 1.14 bits per heavy atom. The second-order valence-electron chi connectivity index (χ2n) is 7.65. The Bertz CT molecular complexity index is 1320. The number of nitrogens with zero attached hydrogens (tertiary/aromatic N) is 3. The second kappa shape index (κ2) is 10.7. The number of anilines is 1. The monoisotopic (exact) mass is 529 g/mol. The van der Waals surface area contributed by atoms with Crippen LogP contribution in [0.15, 0.2) is 46.9 Å². The molecule has 0 saturated carbocycles. The number of fused-ring (bicyclic) bond motifs is 2. The van der Waals surface area contributed by atoms with Gasteiger partial charge in [0.1, 0.15) is 5.75 Å². The maximum absolute atomic E-state index is 13.5. The summed E-state index contributed by atoms with van der Waals surface area (Å²) in [7, 11) is 3.74. The standard InChI is InChI=1S/C23H22F3N3O4S.ClH/c1-4-31-17-7-5-6-14-12-18(32-20(14)17)21(30)29(11-10-28(2)3)22-27-16-9-8-15(13-19(16)34-22)33-23(24,25)26;/h5-9,12-13H,4,10-11H2,1-3H3;1H. The number of ether oxygens (including phenoxy) is 2. The summed E-state index contributed by atoms with van der Waals surface area (Å²) in [6.07, 6.45) is -4.80. The van der Waals surface area contributed by atoms with Crippen molar-refractivity contribution in [2.75, 3.05) is 38.7 Å².